The monoisotopic (exact) mass is 536 g/mol. The van der Waals surface area contributed by atoms with Crippen molar-refractivity contribution in [2.45, 2.75) is 31.5 Å². The molecule has 0 bridgehead atoms. The van der Waals surface area contributed by atoms with E-state index in [1.807, 2.05) is 0 Å². The first-order valence-corrected chi connectivity index (χ1v) is 13.2. The molecule has 1 aliphatic rings. The maximum atomic E-state index is 11.9. The van der Waals surface area contributed by atoms with Crippen molar-refractivity contribution in [2.75, 3.05) is 13.7 Å². The maximum Gasteiger partial charge on any atom is 0.490 e. The molecule has 0 radical (unpaired) electrons. The molecule has 186 valence electrons. The summed E-state index contributed by atoms with van der Waals surface area (Å²) in [5, 5.41) is 20.6. The van der Waals surface area contributed by atoms with Crippen molar-refractivity contribution in [3.05, 3.63) is 12.2 Å². The number of hydrogen-bond acceptors (Lipinski definition) is 13. The average molecular weight is 536 g/mol. The third kappa shape index (κ3) is 6.21. The van der Waals surface area contributed by atoms with Gasteiger partial charge in [0, 0.05) is 0 Å². The zero-order valence-corrected chi connectivity index (χ0v) is 19.4. The lowest BCUT2D eigenvalue weighted by atomic mass is 10.1. The van der Waals surface area contributed by atoms with Crippen LogP contribution in [0, 0.1) is 6.92 Å². The molecule has 0 aliphatic carbocycles. The Morgan fingerprint density at radius 3 is 2.33 bits per heavy atom. The predicted octanol–water partition coefficient (Wildman–Crippen LogP) is -0.894. The standard InChI is InChI=1S/C12H19N4O14P3/c1-5-14-10-7(11(15-5)26-2)13-4-16(10)12-9(18)8(17)6(28-12)3-27-32(22,23)30-33(24,25)29-31(19,20)21/h4,6,8-9,12,17-18H,3H2,1-2H3,(H,22,23)(H,24,25)(H2,19,20,21). The van der Waals surface area contributed by atoms with E-state index in [4.69, 9.17) is 24.2 Å². The van der Waals surface area contributed by atoms with E-state index in [-0.39, 0.29) is 17.0 Å². The predicted molar refractivity (Wildman–Crippen MR) is 102 cm³/mol. The van der Waals surface area contributed by atoms with Crippen LogP contribution in [0.15, 0.2) is 6.33 Å². The number of aliphatic hydroxyl groups is 2. The zero-order valence-electron chi connectivity index (χ0n) is 16.7. The molecule has 6 N–H and O–H groups in total. The lowest BCUT2D eigenvalue weighted by Gasteiger charge is -2.19. The molecular formula is C12H19N4O14P3. The highest BCUT2D eigenvalue weighted by molar-refractivity contribution is 7.66. The van der Waals surface area contributed by atoms with Gasteiger partial charge in [-0.1, -0.05) is 0 Å². The highest BCUT2D eigenvalue weighted by atomic mass is 31.3. The number of fused-ring (bicyclic) bond motifs is 1. The van der Waals surface area contributed by atoms with E-state index in [9.17, 15) is 28.8 Å². The number of methoxy groups -OCH3 is 1. The quantitative estimate of drug-likeness (QED) is 0.212. The zero-order chi connectivity index (χ0) is 24.8. The Balaban J connectivity index is 1.73. The molecule has 21 heteroatoms. The number of aromatic nitrogens is 4. The van der Waals surface area contributed by atoms with Gasteiger partial charge in [-0.2, -0.15) is 13.6 Å². The Labute approximate surface area is 184 Å². The van der Waals surface area contributed by atoms with Crippen molar-refractivity contribution in [1.29, 1.82) is 0 Å². The number of ether oxygens (including phenoxy) is 2. The molecular weight excluding hydrogens is 517 g/mol. The topological polar surface area (TPSA) is 262 Å². The van der Waals surface area contributed by atoms with E-state index >= 15 is 0 Å². The summed E-state index contributed by atoms with van der Waals surface area (Å²) in [6.45, 7) is 0.619. The Morgan fingerprint density at radius 1 is 1.06 bits per heavy atom. The largest absolute Gasteiger partial charge is 0.490 e. The second kappa shape index (κ2) is 9.36. The van der Waals surface area contributed by atoms with Gasteiger partial charge in [-0.25, -0.2) is 23.7 Å². The van der Waals surface area contributed by atoms with Crippen LogP contribution in [0.1, 0.15) is 12.1 Å². The summed E-state index contributed by atoms with van der Waals surface area (Å²) >= 11 is 0. The van der Waals surface area contributed by atoms with Crippen molar-refractivity contribution in [1.82, 2.24) is 19.5 Å². The lowest BCUT2D eigenvalue weighted by Crippen LogP contribution is -2.33. The Kier molecular flexibility index (Phi) is 7.44. The second-order valence-electron chi connectivity index (χ2n) is 6.54. The minimum absolute atomic E-state index is 0.147. The molecule has 3 rings (SSSR count). The molecule has 2 aromatic rings. The van der Waals surface area contributed by atoms with Gasteiger partial charge in [0.15, 0.2) is 17.4 Å². The van der Waals surface area contributed by atoms with E-state index in [0.29, 0.717) is 5.82 Å². The third-order valence-electron chi connectivity index (χ3n) is 4.12. The van der Waals surface area contributed by atoms with Crippen LogP contribution in [0.25, 0.3) is 11.2 Å². The minimum atomic E-state index is -5.71. The van der Waals surface area contributed by atoms with Crippen molar-refractivity contribution < 1.29 is 66.1 Å². The number of phosphoric acid groups is 3. The Morgan fingerprint density at radius 2 is 1.73 bits per heavy atom. The van der Waals surface area contributed by atoms with E-state index in [0.717, 1.165) is 0 Å². The van der Waals surface area contributed by atoms with Gasteiger partial charge in [0.25, 0.3) is 0 Å². The molecule has 1 fully saturated rings. The number of rotatable bonds is 9. The molecule has 0 spiro atoms. The van der Waals surface area contributed by atoms with Crippen molar-refractivity contribution in [3.63, 3.8) is 0 Å². The molecule has 33 heavy (non-hydrogen) atoms. The van der Waals surface area contributed by atoms with Gasteiger partial charge in [0.1, 0.15) is 24.1 Å². The van der Waals surface area contributed by atoms with Crippen LogP contribution in [0.3, 0.4) is 0 Å². The number of phosphoric ester groups is 1. The molecule has 0 saturated carbocycles. The van der Waals surface area contributed by atoms with Gasteiger partial charge < -0.3 is 39.3 Å². The number of aliphatic hydroxyl groups excluding tert-OH is 2. The number of aryl methyl sites for hydroxylation is 1. The molecule has 1 saturated heterocycles. The first-order valence-electron chi connectivity index (χ1n) is 8.67. The van der Waals surface area contributed by atoms with E-state index in [2.05, 4.69) is 28.1 Å². The summed E-state index contributed by atoms with van der Waals surface area (Å²) in [5.74, 6) is 0.451. The van der Waals surface area contributed by atoms with E-state index in [1.54, 1.807) is 6.92 Å². The van der Waals surface area contributed by atoms with Crippen molar-refractivity contribution >= 4 is 34.6 Å². The summed E-state index contributed by atoms with van der Waals surface area (Å²) in [6, 6.07) is 0. The van der Waals surface area contributed by atoms with Gasteiger partial charge in [-0.3, -0.25) is 9.09 Å². The Bertz CT molecular complexity index is 1170. The van der Waals surface area contributed by atoms with E-state index < -0.39 is 54.6 Å². The van der Waals surface area contributed by atoms with Crippen LogP contribution < -0.4 is 4.74 Å². The first kappa shape index (κ1) is 26.2. The van der Waals surface area contributed by atoms with Gasteiger partial charge in [0.2, 0.25) is 5.88 Å². The van der Waals surface area contributed by atoms with Gasteiger partial charge in [-0.15, -0.1) is 0 Å². The number of nitrogens with zero attached hydrogens (tertiary/aromatic N) is 4. The maximum absolute atomic E-state index is 11.9. The van der Waals surface area contributed by atoms with Crippen molar-refractivity contribution in [2.24, 2.45) is 0 Å². The highest BCUT2D eigenvalue weighted by Gasteiger charge is 2.47. The number of imidazole rings is 1. The first-order chi connectivity index (χ1) is 15.1. The fourth-order valence-electron chi connectivity index (χ4n) is 2.89. The van der Waals surface area contributed by atoms with E-state index in [1.165, 1.54) is 18.0 Å². The fraction of sp³-hybridized carbons (Fsp3) is 0.583. The van der Waals surface area contributed by atoms with Crippen LogP contribution in [-0.4, -0.2) is 81.3 Å². The summed E-state index contributed by atoms with van der Waals surface area (Å²) in [6.07, 6.45) is -4.80. The highest BCUT2D eigenvalue weighted by Crippen LogP contribution is 2.66. The van der Waals surface area contributed by atoms with Crippen LogP contribution in [-0.2, 0) is 31.6 Å². The molecule has 18 nitrogen and oxygen atoms in total. The number of hydrogen-bond donors (Lipinski definition) is 6. The molecule has 2 aromatic heterocycles. The molecule has 0 aromatic carbocycles. The van der Waals surface area contributed by atoms with Crippen LogP contribution in [0.5, 0.6) is 5.88 Å². The molecule has 0 amide bonds. The van der Waals surface area contributed by atoms with Crippen molar-refractivity contribution in [3.8, 4) is 5.88 Å². The smallest absolute Gasteiger partial charge is 0.479 e. The summed E-state index contributed by atoms with van der Waals surface area (Å²) < 4.78 is 57.4. The van der Waals surface area contributed by atoms with Gasteiger partial charge >= 0.3 is 23.5 Å². The third-order valence-corrected chi connectivity index (χ3v) is 7.93. The van der Waals surface area contributed by atoms with Crippen LogP contribution in [0.4, 0.5) is 0 Å². The second-order valence-corrected chi connectivity index (χ2v) is 11.0. The summed E-state index contributed by atoms with van der Waals surface area (Å²) in [7, 11) is -15.3. The molecule has 1 aliphatic heterocycles. The normalized spacial score (nSPS) is 27.4. The minimum Gasteiger partial charge on any atom is -0.479 e. The Hall–Kier alpha value is -1.36. The van der Waals surface area contributed by atoms with Gasteiger partial charge in [-0.05, 0) is 6.92 Å². The molecule has 6 atom stereocenters. The summed E-state index contributed by atoms with van der Waals surface area (Å²) in [5.41, 5.74) is 0.411. The summed E-state index contributed by atoms with van der Waals surface area (Å²) in [4.78, 5) is 48.1. The lowest BCUT2D eigenvalue weighted by molar-refractivity contribution is -0.0503. The van der Waals surface area contributed by atoms with Gasteiger partial charge in [0.05, 0.1) is 20.0 Å². The van der Waals surface area contributed by atoms with Crippen LogP contribution >= 0.6 is 23.5 Å². The SMILES string of the molecule is COc1nc(C)nc2c1ncn2C1OC(COP(=O)(O)OP(=O)(O)OP(=O)(O)O)C(O)C1O. The molecule has 6 unspecified atom stereocenters. The fourth-order valence-corrected chi connectivity index (χ4v) is 5.92. The average Bonchev–Trinajstić information content (AvgIpc) is 3.18. The molecule has 3 heterocycles. The van der Waals surface area contributed by atoms with Crippen LogP contribution in [0.2, 0.25) is 0 Å².